The molecule has 2 heterocycles. The number of methoxy groups -OCH3 is 1. The summed E-state index contributed by atoms with van der Waals surface area (Å²) in [6.07, 6.45) is 0.180. The topological polar surface area (TPSA) is 68.6 Å². The van der Waals surface area contributed by atoms with Crippen molar-refractivity contribution in [3.63, 3.8) is 0 Å². The monoisotopic (exact) mass is 372 g/mol. The molecule has 3 rings (SSSR count). The van der Waals surface area contributed by atoms with E-state index >= 15 is 0 Å². The van der Waals surface area contributed by atoms with Crippen molar-refractivity contribution in [2.75, 3.05) is 26.8 Å². The molecule has 0 saturated heterocycles. The SMILES string of the molecule is COCCNC(=O)c1cc2n(n1)CCN(Cc1ccc(OC(C)C)cc1)C2. The number of carbonyl (C=O) groups excluding carboxylic acids is 1. The summed E-state index contributed by atoms with van der Waals surface area (Å²) >= 11 is 0. The summed E-state index contributed by atoms with van der Waals surface area (Å²) in [6, 6.07) is 10.1. The first-order valence-electron chi connectivity index (χ1n) is 9.37. The second-order valence-electron chi connectivity index (χ2n) is 7.01. The van der Waals surface area contributed by atoms with Gasteiger partial charge in [0, 0.05) is 33.3 Å². The van der Waals surface area contributed by atoms with Crippen LogP contribution in [0.25, 0.3) is 0 Å². The second-order valence-corrected chi connectivity index (χ2v) is 7.01. The number of hydrogen-bond acceptors (Lipinski definition) is 5. The van der Waals surface area contributed by atoms with Crippen LogP contribution >= 0.6 is 0 Å². The van der Waals surface area contributed by atoms with Crippen molar-refractivity contribution in [3.05, 3.63) is 47.3 Å². The molecule has 1 aromatic carbocycles. The summed E-state index contributed by atoms with van der Waals surface area (Å²) in [4.78, 5) is 14.5. The molecule has 1 aliphatic heterocycles. The first-order chi connectivity index (χ1) is 13.0. The standard InChI is InChI=1S/C20H28N4O3/c1-15(2)27-18-6-4-16(5-7-18)13-23-9-10-24-17(14-23)12-19(22-24)20(25)21-8-11-26-3/h4-7,12,15H,8-11,13-14H2,1-3H3,(H,21,25). The lowest BCUT2D eigenvalue weighted by Crippen LogP contribution is -2.33. The van der Waals surface area contributed by atoms with Crippen LogP contribution in [0.2, 0.25) is 0 Å². The minimum atomic E-state index is -0.152. The first kappa shape index (κ1) is 19.4. The van der Waals surface area contributed by atoms with Crippen LogP contribution in [0.15, 0.2) is 30.3 Å². The van der Waals surface area contributed by atoms with Gasteiger partial charge in [-0.15, -0.1) is 0 Å². The van der Waals surface area contributed by atoms with Crippen molar-refractivity contribution >= 4 is 5.91 Å². The fourth-order valence-electron chi connectivity index (χ4n) is 3.13. The third-order valence-corrected chi connectivity index (χ3v) is 4.40. The Hall–Kier alpha value is -2.38. The van der Waals surface area contributed by atoms with Gasteiger partial charge < -0.3 is 14.8 Å². The third-order valence-electron chi connectivity index (χ3n) is 4.40. The van der Waals surface area contributed by atoms with E-state index in [0.29, 0.717) is 18.8 Å². The quantitative estimate of drug-likeness (QED) is 0.719. The Balaban J connectivity index is 1.57. The maximum Gasteiger partial charge on any atom is 0.271 e. The minimum absolute atomic E-state index is 0.152. The maximum absolute atomic E-state index is 12.2. The van der Waals surface area contributed by atoms with E-state index in [-0.39, 0.29) is 12.0 Å². The van der Waals surface area contributed by atoms with Crippen LogP contribution in [0, 0.1) is 0 Å². The Bertz CT molecular complexity index is 755. The maximum atomic E-state index is 12.2. The molecule has 7 heteroatoms. The largest absolute Gasteiger partial charge is 0.491 e. The Morgan fingerprint density at radius 3 is 2.74 bits per heavy atom. The van der Waals surface area contributed by atoms with E-state index in [1.165, 1.54) is 5.56 Å². The lowest BCUT2D eigenvalue weighted by molar-refractivity contribution is 0.0931. The van der Waals surface area contributed by atoms with Gasteiger partial charge in [-0.1, -0.05) is 12.1 Å². The van der Waals surface area contributed by atoms with E-state index < -0.39 is 0 Å². The van der Waals surface area contributed by atoms with Gasteiger partial charge in [0.2, 0.25) is 0 Å². The van der Waals surface area contributed by atoms with Crippen LogP contribution in [-0.4, -0.2) is 53.5 Å². The van der Waals surface area contributed by atoms with E-state index in [1.807, 2.05) is 36.7 Å². The molecule has 0 bridgehead atoms. The van der Waals surface area contributed by atoms with Crippen molar-refractivity contribution in [1.29, 1.82) is 0 Å². The Morgan fingerprint density at radius 2 is 2.04 bits per heavy atom. The average molecular weight is 372 g/mol. The van der Waals surface area contributed by atoms with Crippen LogP contribution in [0.5, 0.6) is 5.75 Å². The molecular formula is C20H28N4O3. The highest BCUT2D eigenvalue weighted by Crippen LogP contribution is 2.19. The summed E-state index contributed by atoms with van der Waals surface area (Å²) in [5.74, 6) is 0.746. The molecule has 0 spiro atoms. The van der Waals surface area contributed by atoms with Crippen molar-refractivity contribution < 1.29 is 14.3 Å². The number of nitrogens with zero attached hydrogens (tertiary/aromatic N) is 3. The van der Waals surface area contributed by atoms with Crippen LogP contribution in [0.3, 0.4) is 0 Å². The number of nitrogens with one attached hydrogen (secondary N) is 1. The van der Waals surface area contributed by atoms with Crippen LogP contribution in [0.1, 0.15) is 35.6 Å². The number of aromatic nitrogens is 2. The zero-order valence-corrected chi connectivity index (χ0v) is 16.3. The smallest absolute Gasteiger partial charge is 0.271 e. The summed E-state index contributed by atoms with van der Waals surface area (Å²) in [7, 11) is 1.61. The van der Waals surface area contributed by atoms with E-state index in [2.05, 4.69) is 27.4 Å². The number of amides is 1. The highest BCUT2D eigenvalue weighted by Gasteiger charge is 2.21. The molecule has 2 aromatic rings. The van der Waals surface area contributed by atoms with Gasteiger partial charge in [-0.2, -0.15) is 5.10 Å². The molecule has 0 radical (unpaired) electrons. The molecule has 0 saturated carbocycles. The molecule has 1 aromatic heterocycles. The summed E-state index contributed by atoms with van der Waals surface area (Å²) in [6.45, 7) is 8.37. The number of hydrogen-bond donors (Lipinski definition) is 1. The zero-order valence-electron chi connectivity index (χ0n) is 16.3. The van der Waals surface area contributed by atoms with E-state index in [9.17, 15) is 4.79 Å². The van der Waals surface area contributed by atoms with Gasteiger partial charge >= 0.3 is 0 Å². The van der Waals surface area contributed by atoms with Crippen molar-refractivity contribution in [3.8, 4) is 5.75 Å². The molecule has 7 nitrogen and oxygen atoms in total. The predicted molar refractivity (Wildman–Crippen MR) is 103 cm³/mol. The molecule has 1 aliphatic rings. The van der Waals surface area contributed by atoms with Crippen LogP contribution < -0.4 is 10.1 Å². The molecule has 0 unspecified atom stereocenters. The van der Waals surface area contributed by atoms with E-state index in [0.717, 1.165) is 37.6 Å². The molecule has 27 heavy (non-hydrogen) atoms. The normalized spacial score (nSPS) is 14.2. The highest BCUT2D eigenvalue weighted by atomic mass is 16.5. The van der Waals surface area contributed by atoms with Gasteiger partial charge in [-0.25, -0.2) is 0 Å². The average Bonchev–Trinajstić information content (AvgIpc) is 3.06. The van der Waals surface area contributed by atoms with Gasteiger partial charge in [0.1, 0.15) is 11.4 Å². The molecule has 0 atom stereocenters. The van der Waals surface area contributed by atoms with Gasteiger partial charge in [-0.3, -0.25) is 14.4 Å². The molecule has 1 N–H and O–H groups in total. The number of rotatable bonds is 8. The predicted octanol–water partition coefficient (Wildman–Crippen LogP) is 2.06. The Morgan fingerprint density at radius 1 is 1.26 bits per heavy atom. The third kappa shape index (κ3) is 5.30. The molecule has 0 fully saturated rings. The van der Waals surface area contributed by atoms with Crippen molar-refractivity contribution in [1.82, 2.24) is 20.0 Å². The van der Waals surface area contributed by atoms with E-state index in [4.69, 9.17) is 9.47 Å². The molecule has 0 aliphatic carbocycles. The van der Waals surface area contributed by atoms with Crippen LogP contribution in [0.4, 0.5) is 0 Å². The first-order valence-corrected chi connectivity index (χ1v) is 9.37. The van der Waals surface area contributed by atoms with Gasteiger partial charge in [-0.05, 0) is 37.6 Å². The molecule has 146 valence electrons. The van der Waals surface area contributed by atoms with Gasteiger partial charge in [0.25, 0.3) is 5.91 Å². The number of carbonyl (C=O) groups is 1. The zero-order chi connectivity index (χ0) is 19.2. The van der Waals surface area contributed by atoms with Gasteiger partial charge in [0.05, 0.1) is 24.9 Å². The fourth-order valence-corrected chi connectivity index (χ4v) is 3.13. The van der Waals surface area contributed by atoms with Gasteiger partial charge in [0.15, 0.2) is 0 Å². The number of fused-ring (bicyclic) bond motifs is 1. The Kier molecular flexibility index (Phi) is 6.47. The highest BCUT2D eigenvalue weighted by molar-refractivity contribution is 5.92. The summed E-state index contributed by atoms with van der Waals surface area (Å²) < 4.78 is 12.6. The molecular weight excluding hydrogens is 344 g/mol. The minimum Gasteiger partial charge on any atom is -0.491 e. The number of ether oxygens (including phenoxy) is 2. The number of benzene rings is 1. The summed E-state index contributed by atoms with van der Waals surface area (Å²) in [5.41, 5.74) is 2.78. The summed E-state index contributed by atoms with van der Waals surface area (Å²) in [5, 5.41) is 7.24. The van der Waals surface area contributed by atoms with Crippen molar-refractivity contribution in [2.45, 2.75) is 39.6 Å². The molecule has 1 amide bonds. The lowest BCUT2D eigenvalue weighted by Gasteiger charge is -2.27. The lowest BCUT2D eigenvalue weighted by atomic mass is 10.2. The van der Waals surface area contributed by atoms with Crippen LogP contribution in [-0.2, 0) is 24.4 Å². The Labute approximate surface area is 160 Å². The fraction of sp³-hybridized carbons (Fsp3) is 0.500. The second kappa shape index (κ2) is 9.01. The van der Waals surface area contributed by atoms with E-state index in [1.54, 1.807) is 7.11 Å². The van der Waals surface area contributed by atoms with Crippen molar-refractivity contribution in [2.24, 2.45) is 0 Å².